The van der Waals surface area contributed by atoms with Crippen LogP contribution in [0.2, 0.25) is 10.0 Å². The van der Waals surface area contributed by atoms with Crippen molar-refractivity contribution in [2.75, 3.05) is 16.2 Å². The molecule has 2 aromatic carbocycles. The molecule has 7 nitrogen and oxygen atoms in total. The van der Waals surface area contributed by atoms with Crippen LogP contribution in [0.15, 0.2) is 53.7 Å². The Kier molecular flexibility index (Phi) is 5.61. The van der Waals surface area contributed by atoms with Crippen molar-refractivity contribution in [2.24, 2.45) is 0 Å². The van der Waals surface area contributed by atoms with Crippen molar-refractivity contribution in [3.8, 4) is 11.8 Å². The number of nitrogen functional groups attached to an aromatic ring is 2. The smallest absolute Gasteiger partial charge is 0.263 e. The van der Waals surface area contributed by atoms with E-state index in [4.69, 9.17) is 34.7 Å². The molecular weight excluding hydrogens is 421 g/mol. The summed E-state index contributed by atoms with van der Waals surface area (Å²) >= 11 is 11.9. The molecule has 0 atom stereocenters. The zero-order chi connectivity index (χ0) is 20.3. The minimum atomic E-state index is -3.94. The normalized spacial score (nSPS) is 10.8. The van der Waals surface area contributed by atoms with Gasteiger partial charge in [0.25, 0.3) is 10.0 Å². The van der Waals surface area contributed by atoms with E-state index < -0.39 is 10.0 Å². The van der Waals surface area contributed by atoms with E-state index in [9.17, 15) is 8.42 Å². The first-order chi connectivity index (χ1) is 13.3. The van der Waals surface area contributed by atoms with Crippen LogP contribution in [0, 0.1) is 11.8 Å². The Bertz CT molecular complexity index is 1200. The Hall–Kier alpha value is -2.99. The molecule has 0 bridgehead atoms. The average Bonchev–Trinajstić information content (AvgIpc) is 2.63. The molecule has 0 unspecified atom stereocenters. The standard InChI is InChI=1S/C18H13Cl2N5O2S/c19-14-5-2-6-15(16(14)20)28(26,27)25-12-4-1-3-11(9-12)7-8-13-17(21)23-10-24-18(13)22/h1-6,9-10,25H,(H4,21,22,23,24). The fourth-order valence-electron chi connectivity index (χ4n) is 2.24. The third-order valence-electron chi connectivity index (χ3n) is 3.56. The minimum Gasteiger partial charge on any atom is -0.382 e. The summed E-state index contributed by atoms with van der Waals surface area (Å²) in [6.45, 7) is 0. The maximum absolute atomic E-state index is 12.6. The first kappa shape index (κ1) is 19.8. The third-order valence-corrected chi connectivity index (χ3v) is 5.91. The van der Waals surface area contributed by atoms with Crippen molar-refractivity contribution in [1.82, 2.24) is 9.97 Å². The Morgan fingerprint density at radius 3 is 2.36 bits per heavy atom. The monoisotopic (exact) mass is 433 g/mol. The van der Waals surface area contributed by atoms with E-state index in [1.807, 2.05) is 0 Å². The summed E-state index contributed by atoms with van der Waals surface area (Å²) in [6, 6.07) is 10.9. The fourth-order valence-corrected chi connectivity index (χ4v) is 4.05. The molecule has 0 aliphatic heterocycles. The predicted octanol–water partition coefficient (Wildman–Crippen LogP) is 3.15. The van der Waals surface area contributed by atoms with Gasteiger partial charge in [-0.25, -0.2) is 18.4 Å². The number of hydrogen-bond donors (Lipinski definition) is 3. The highest BCUT2D eigenvalue weighted by Crippen LogP contribution is 2.30. The van der Waals surface area contributed by atoms with Gasteiger partial charge in [-0.05, 0) is 30.3 Å². The first-order valence-electron chi connectivity index (χ1n) is 7.73. The lowest BCUT2D eigenvalue weighted by Gasteiger charge is -2.10. The highest BCUT2D eigenvalue weighted by atomic mass is 35.5. The van der Waals surface area contributed by atoms with Gasteiger partial charge in [0.1, 0.15) is 28.4 Å². The number of nitrogens with one attached hydrogen (secondary N) is 1. The highest BCUT2D eigenvalue weighted by Gasteiger charge is 2.19. The van der Waals surface area contributed by atoms with Crippen LogP contribution in [0.3, 0.4) is 0 Å². The summed E-state index contributed by atoms with van der Waals surface area (Å²) < 4.78 is 27.7. The van der Waals surface area contributed by atoms with Crippen LogP contribution in [0.4, 0.5) is 17.3 Å². The topological polar surface area (TPSA) is 124 Å². The minimum absolute atomic E-state index is 0.0531. The summed E-state index contributed by atoms with van der Waals surface area (Å²) in [5.41, 5.74) is 12.6. The maximum atomic E-state index is 12.6. The molecule has 5 N–H and O–H groups in total. The first-order valence-corrected chi connectivity index (χ1v) is 9.96. The molecule has 10 heteroatoms. The Labute approximate surface area is 171 Å². The van der Waals surface area contributed by atoms with Gasteiger partial charge in [0, 0.05) is 5.56 Å². The van der Waals surface area contributed by atoms with Gasteiger partial charge in [-0.1, -0.05) is 47.2 Å². The quantitative estimate of drug-likeness (QED) is 0.544. The molecule has 3 rings (SSSR count). The molecule has 1 heterocycles. The van der Waals surface area contributed by atoms with Gasteiger partial charge in [-0.3, -0.25) is 4.72 Å². The molecule has 0 saturated carbocycles. The summed E-state index contributed by atoms with van der Waals surface area (Å²) in [5, 5.41) is 0.0899. The zero-order valence-electron chi connectivity index (χ0n) is 14.1. The molecule has 3 aromatic rings. The van der Waals surface area contributed by atoms with Crippen LogP contribution < -0.4 is 16.2 Å². The lowest BCUT2D eigenvalue weighted by Crippen LogP contribution is -2.13. The van der Waals surface area contributed by atoms with Crippen LogP contribution in [-0.2, 0) is 10.0 Å². The van der Waals surface area contributed by atoms with Gasteiger partial charge < -0.3 is 11.5 Å². The largest absolute Gasteiger partial charge is 0.382 e. The van der Waals surface area contributed by atoms with Gasteiger partial charge >= 0.3 is 0 Å². The van der Waals surface area contributed by atoms with Gasteiger partial charge in [-0.2, -0.15) is 0 Å². The summed E-state index contributed by atoms with van der Waals surface area (Å²) in [4.78, 5) is 7.55. The Balaban J connectivity index is 1.91. The number of aromatic nitrogens is 2. The van der Waals surface area contributed by atoms with Gasteiger partial charge in [0.2, 0.25) is 0 Å². The van der Waals surface area contributed by atoms with Crippen molar-refractivity contribution in [3.05, 3.63) is 70.0 Å². The number of anilines is 3. The molecule has 28 heavy (non-hydrogen) atoms. The van der Waals surface area contributed by atoms with E-state index >= 15 is 0 Å². The van der Waals surface area contributed by atoms with Crippen molar-refractivity contribution in [1.29, 1.82) is 0 Å². The molecule has 0 aliphatic carbocycles. The molecule has 142 valence electrons. The predicted molar refractivity (Wildman–Crippen MR) is 111 cm³/mol. The number of benzene rings is 2. The second-order valence-electron chi connectivity index (χ2n) is 5.51. The van der Waals surface area contributed by atoms with Crippen molar-refractivity contribution < 1.29 is 8.42 Å². The molecule has 0 fully saturated rings. The summed E-state index contributed by atoms with van der Waals surface area (Å²) in [6.07, 6.45) is 1.24. The fraction of sp³-hybridized carbons (Fsp3) is 0. The molecule has 0 radical (unpaired) electrons. The molecule has 0 saturated heterocycles. The van der Waals surface area contributed by atoms with Crippen LogP contribution >= 0.6 is 23.2 Å². The number of sulfonamides is 1. The van der Waals surface area contributed by atoms with E-state index in [1.54, 1.807) is 24.3 Å². The van der Waals surface area contributed by atoms with Gasteiger partial charge in [0.05, 0.1) is 15.7 Å². The average molecular weight is 434 g/mol. The van der Waals surface area contributed by atoms with Gasteiger partial charge in [-0.15, -0.1) is 0 Å². The highest BCUT2D eigenvalue weighted by molar-refractivity contribution is 7.92. The SMILES string of the molecule is Nc1ncnc(N)c1C#Cc1cccc(NS(=O)(=O)c2cccc(Cl)c2Cl)c1. The number of hydrogen-bond acceptors (Lipinski definition) is 6. The zero-order valence-corrected chi connectivity index (χ0v) is 16.5. The maximum Gasteiger partial charge on any atom is 0.263 e. The lowest BCUT2D eigenvalue weighted by molar-refractivity contribution is 0.601. The second-order valence-corrected chi connectivity index (χ2v) is 7.94. The van der Waals surface area contributed by atoms with Crippen LogP contribution in [-0.4, -0.2) is 18.4 Å². The third kappa shape index (κ3) is 4.28. The Morgan fingerprint density at radius 2 is 1.64 bits per heavy atom. The summed E-state index contributed by atoms with van der Waals surface area (Å²) in [5.74, 6) is 5.97. The molecule has 0 spiro atoms. The molecular formula is C18H13Cl2N5O2S. The van der Waals surface area contributed by atoms with Crippen LogP contribution in [0.25, 0.3) is 0 Å². The van der Waals surface area contributed by atoms with Crippen LogP contribution in [0.5, 0.6) is 0 Å². The van der Waals surface area contributed by atoms with E-state index in [0.717, 1.165) is 0 Å². The van der Waals surface area contributed by atoms with E-state index in [2.05, 4.69) is 26.5 Å². The van der Waals surface area contributed by atoms with Crippen LogP contribution in [0.1, 0.15) is 11.1 Å². The number of nitrogens with two attached hydrogens (primary N) is 2. The van der Waals surface area contributed by atoms with Crippen molar-refractivity contribution in [2.45, 2.75) is 4.90 Å². The molecule has 1 aromatic heterocycles. The number of rotatable bonds is 3. The lowest BCUT2D eigenvalue weighted by atomic mass is 10.2. The van der Waals surface area contributed by atoms with E-state index in [1.165, 1.54) is 24.5 Å². The second kappa shape index (κ2) is 7.94. The van der Waals surface area contributed by atoms with E-state index in [-0.39, 0.29) is 26.6 Å². The van der Waals surface area contributed by atoms with Gasteiger partial charge in [0.15, 0.2) is 0 Å². The number of nitrogens with zero attached hydrogens (tertiary/aromatic N) is 2. The van der Waals surface area contributed by atoms with Crippen molar-refractivity contribution in [3.63, 3.8) is 0 Å². The Morgan fingerprint density at radius 1 is 0.964 bits per heavy atom. The molecule has 0 amide bonds. The molecule has 0 aliphatic rings. The van der Waals surface area contributed by atoms with Crippen molar-refractivity contribution >= 4 is 50.5 Å². The number of halogens is 2. The summed E-state index contributed by atoms with van der Waals surface area (Å²) in [7, 11) is -3.94. The van der Waals surface area contributed by atoms with E-state index in [0.29, 0.717) is 16.8 Å².